The van der Waals surface area contributed by atoms with Gasteiger partial charge in [0.25, 0.3) is 5.01 Å². The summed E-state index contributed by atoms with van der Waals surface area (Å²) in [4.78, 5) is 7.96. The Morgan fingerprint density at radius 2 is 1.87 bits per heavy atom. The van der Waals surface area contributed by atoms with E-state index in [0.717, 1.165) is 17.6 Å². The van der Waals surface area contributed by atoms with Crippen LogP contribution in [0.5, 0.6) is 0 Å². The first-order valence-corrected chi connectivity index (χ1v) is 12.0. The smallest absolute Gasteiger partial charge is 0.262 e. The van der Waals surface area contributed by atoms with Crippen molar-refractivity contribution in [2.75, 3.05) is 47.8 Å². The summed E-state index contributed by atoms with van der Waals surface area (Å²) in [5.41, 5.74) is 3.08. The van der Waals surface area contributed by atoms with Crippen molar-refractivity contribution in [2.24, 2.45) is 7.05 Å². The number of quaternary nitrogens is 1. The van der Waals surface area contributed by atoms with Gasteiger partial charge in [0.1, 0.15) is 18.5 Å². The van der Waals surface area contributed by atoms with E-state index in [1.54, 1.807) is 10.6 Å². The molecule has 0 bridgehead atoms. The standard InChI is InChI=1S/C22H34N4S2.2HI/c1-23-13-7-9-17-19(15-23)27-21(24(17)2)11-6-12-22-25(3)18-10-8-14-26(4,5)16-20(18)28-22;;/h6,11-12H,7-10,13-16H2,1-5H3;2*1H/q+2;;/p-2. The van der Waals surface area contributed by atoms with Gasteiger partial charge in [0.15, 0.2) is 0 Å². The lowest BCUT2D eigenvalue weighted by Gasteiger charge is -2.27. The van der Waals surface area contributed by atoms with Crippen LogP contribution in [-0.2, 0) is 20.0 Å². The molecule has 0 aromatic carbocycles. The molecule has 3 aliphatic rings. The van der Waals surface area contributed by atoms with Crippen LogP contribution in [0.3, 0.4) is 0 Å². The van der Waals surface area contributed by atoms with Gasteiger partial charge in [-0.3, -0.25) is 0 Å². The quantitative estimate of drug-likeness (QED) is 0.197. The highest BCUT2D eigenvalue weighted by Crippen LogP contribution is 2.43. The zero-order chi connectivity index (χ0) is 19.9. The van der Waals surface area contributed by atoms with E-state index < -0.39 is 0 Å². The molecule has 4 rings (SSSR count). The van der Waals surface area contributed by atoms with E-state index in [1.807, 2.05) is 23.1 Å². The van der Waals surface area contributed by atoms with Crippen molar-refractivity contribution in [3.63, 3.8) is 0 Å². The van der Waals surface area contributed by atoms with Crippen molar-refractivity contribution < 1.29 is 57.0 Å². The van der Waals surface area contributed by atoms with Crippen LogP contribution < -0.4 is 52.5 Å². The highest BCUT2D eigenvalue weighted by atomic mass is 127. The number of hydrogen-bond donors (Lipinski definition) is 0. The molecule has 4 heterocycles. The Labute approximate surface area is 224 Å². The molecule has 0 radical (unpaired) electrons. The van der Waals surface area contributed by atoms with Gasteiger partial charge in [-0.15, -0.1) is 0 Å². The lowest BCUT2D eigenvalue weighted by Crippen LogP contribution is -3.00. The molecule has 1 aromatic rings. The molecule has 0 spiro atoms. The van der Waals surface area contributed by atoms with E-state index in [0.29, 0.717) is 0 Å². The maximum atomic E-state index is 2.45. The van der Waals surface area contributed by atoms with Gasteiger partial charge in [0.2, 0.25) is 5.69 Å². The van der Waals surface area contributed by atoms with Crippen LogP contribution in [0.4, 0.5) is 0 Å². The molecule has 8 heteroatoms. The number of hydrogen-bond acceptors (Lipinski definition) is 4. The summed E-state index contributed by atoms with van der Waals surface area (Å²) in [5, 5.41) is 2.72. The Kier molecular flexibility index (Phi) is 9.77. The summed E-state index contributed by atoms with van der Waals surface area (Å²) < 4.78 is 3.53. The minimum absolute atomic E-state index is 0. The highest BCUT2D eigenvalue weighted by Gasteiger charge is 2.31. The van der Waals surface area contributed by atoms with Crippen molar-refractivity contribution in [2.45, 2.75) is 32.2 Å². The molecule has 4 nitrogen and oxygen atoms in total. The van der Waals surface area contributed by atoms with Gasteiger partial charge < -0.3 is 62.2 Å². The van der Waals surface area contributed by atoms with Crippen LogP contribution in [-0.4, -0.2) is 62.1 Å². The maximum Gasteiger partial charge on any atom is 0.262 e. The van der Waals surface area contributed by atoms with Crippen LogP contribution in [0.25, 0.3) is 6.08 Å². The lowest BCUT2D eigenvalue weighted by atomic mass is 10.2. The molecular formula is C22H34I2N4S2. The third-order valence-electron chi connectivity index (χ3n) is 6.16. The Morgan fingerprint density at radius 3 is 2.63 bits per heavy atom. The van der Waals surface area contributed by atoms with Crippen LogP contribution in [0.1, 0.15) is 34.8 Å². The van der Waals surface area contributed by atoms with Crippen LogP contribution in [0.15, 0.2) is 27.8 Å². The topological polar surface area (TPSA) is 10.4 Å². The number of fused-ring (bicyclic) bond motifs is 1. The van der Waals surface area contributed by atoms with Crippen molar-refractivity contribution in [3.05, 3.63) is 43.4 Å². The fourth-order valence-corrected chi connectivity index (χ4v) is 7.20. The number of nitrogens with zero attached hydrogens (tertiary/aromatic N) is 4. The van der Waals surface area contributed by atoms with Crippen molar-refractivity contribution in [3.8, 4) is 0 Å². The average Bonchev–Trinajstić information content (AvgIpc) is 2.91. The van der Waals surface area contributed by atoms with E-state index in [9.17, 15) is 0 Å². The van der Waals surface area contributed by atoms with Gasteiger partial charge in [-0.1, -0.05) is 29.2 Å². The van der Waals surface area contributed by atoms with E-state index in [1.165, 1.54) is 59.4 Å². The first-order chi connectivity index (χ1) is 13.3. The number of aromatic nitrogens is 1. The summed E-state index contributed by atoms with van der Waals surface area (Å²) in [6, 6.07) is 0. The third kappa shape index (κ3) is 5.84. The maximum absolute atomic E-state index is 2.45. The molecule has 0 unspecified atom stereocenters. The number of allylic oxidation sites excluding steroid dienone is 3. The summed E-state index contributed by atoms with van der Waals surface area (Å²) in [5.74, 6) is 0. The number of thiazole rings is 1. The Hall–Kier alpha value is 0.380. The predicted molar refractivity (Wildman–Crippen MR) is 121 cm³/mol. The molecular weight excluding hydrogens is 638 g/mol. The second-order valence-corrected chi connectivity index (χ2v) is 11.3. The Morgan fingerprint density at radius 1 is 1.10 bits per heavy atom. The molecule has 168 valence electrons. The molecule has 0 aliphatic carbocycles. The fourth-order valence-electron chi connectivity index (χ4n) is 4.50. The van der Waals surface area contributed by atoms with E-state index in [4.69, 9.17) is 0 Å². The molecule has 3 aliphatic heterocycles. The molecule has 30 heavy (non-hydrogen) atoms. The van der Waals surface area contributed by atoms with Gasteiger partial charge in [0, 0.05) is 43.1 Å². The SMILES string of the molecule is CN1CCCC2=C(C1)SC(=CC=Cc1sc3c([n+]1C)CCC[N+](C)(C)C3)N2C.[I-].[I-]. The summed E-state index contributed by atoms with van der Waals surface area (Å²) in [6.07, 6.45) is 11.8. The van der Waals surface area contributed by atoms with Gasteiger partial charge >= 0.3 is 0 Å². The van der Waals surface area contributed by atoms with Gasteiger partial charge in [-0.25, -0.2) is 0 Å². The average molecular weight is 672 g/mol. The predicted octanol–water partition coefficient (Wildman–Crippen LogP) is -2.43. The van der Waals surface area contributed by atoms with E-state index in [-0.39, 0.29) is 48.0 Å². The zero-order valence-electron chi connectivity index (χ0n) is 18.8. The van der Waals surface area contributed by atoms with Gasteiger partial charge in [0.05, 0.1) is 25.7 Å². The largest absolute Gasteiger partial charge is 1.00 e. The molecule has 0 amide bonds. The fraction of sp³-hybridized carbons (Fsp3) is 0.591. The number of likely N-dealkylation sites (N-methyl/N-ethyl adjacent to an activating group) is 1. The normalized spacial score (nSPS) is 23.0. The van der Waals surface area contributed by atoms with E-state index in [2.05, 4.69) is 67.8 Å². The van der Waals surface area contributed by atoms with Crippen molar-refractivity contribution >= 4 is 29.2 Å². The minimum Gasteiger partial charge on any atom is -1.00 e. The monoisotopic (exact) mass is 672 g/mol. The van der Waals surface area contributed by atoms with Gasteiger partial charge in [-0.2, -0.15) is 4.57 Å². The summed E-state index contributed by atoms with van der Waals surface area (Å²) >= 11 is 3.93. The third-order valence-corrected chi connectivity index (χ3v) is 8.62. The molecule has 0 saturated carbocycles. The van der Waals surface area contributed by atoms with Crippen LogP contribution in [0, 0.1) is 0 Å². The van der Waals surface area contributed by atoms with Crippen molar-refractivity contribution in [1.82, 2.24) is 9.80 Å². The first-order valence-electron chi connectivity index (χ1n) is 10.4. The molecule has 0 fully saturated rings. The summed E-state index contributed by atoms with van der Waals surface area (Å²) in [7, 11) is 11.4. The van der Waals surface area contributed by atoms with Crippen LogP contribution >= 0.6 is 23.1 Å². The second kappa shape index (κ2) is 11.0. The molecule has 0 saturated heterocycles. The van der Waals surface area contributed by atoms with Crippen LogP contribution in [0.2, 0.25) is 0 Å². The lowest BCUT2D eigenvalue weighted by molar-refractivity contribution is -0.902. The molecule has 1 aromatic heterocycles. The van der Waals surface area contributed by atoms with E-state index >= 15 is 0 Å². The first kappa shape index (κ1) is 26.6. The number of halogens is 2. The Balaban J connectivity index is 0.00000160. The molecule has 0 atom stereocenters. The molecule has 0 N–H and O–H groups in total. The van der Waals surface area contributed by atoms with Crippen molar-refractivity contribution in [1.29, 1.82) is 0 Å². The number of rotatable bonds is 2. The summed E-state index contributed by atoms with van der Waals surface area (Å²) in [6.45, 7) is 4.72. The highest BCUT2D eigenvalue weighted by molar-refractivity contribution is 8.07. The van der Waals surface area contributed by atoms with Gasteiger partial charge in [-0.05, 0) is 32.5 Å². The minimum atomic E-state index is 0. The number of thioether (sulfide) groups is 1. The second-order valence-electron chi connectivity index (χ2n) is 9.03. The Bertz CT molecular complexity index is 858. The zero-order valence-corrected chi connectivity index (χ0v) is 24.7.